The lowest BCUT2D eigenvalue weighted by molar-refractivity contribution is 0.0666. The van der Waals surface area contributed by atoms with Crippen LogP contribution in [0.15, 0.2) is 51.7 Å². The molecule has 3 heterocycles. The highest BCUT2D eigenvalue weighted by molar-refractivity contribution is 9.10. The maximum absolute atomic E-state index is 14.0. The SMILES string of the molecule is COc1ccc(CN2CCn3c(c4n(c3=O)CCN(C(=O)c3ccc(Br)c(F)c3)C4)C2=O)cc1. The zero-order valence-corrected chi connectivity index (χ0v) is 20.0. The zero-order valence-electron chi connectivity index (χ0n) is 18.5. The predicted molar refractivity (Wildman–Crippen MR) is 125 cm³/mol. The van der Waals surface area contributed by atoms with Gasteiger partial charge in [-0.1, -0.05) is 12.1 Å². The van der Waals surface area contributed by atoms with Crippen LogP contribution in [0.1, 0.15) is 32.1 Å². The van der Waals surface area contributed by atoms with Gasteiger partial charge in [0.2, 0.25) is 0 Å². The minimum Gasteiger partial charge on any atom is -0.497 e. The maximum Gasteiger partial charge on any atom is 0.329 e. The number of methoxy groups -OCH3 is 1. The monoisotopic (exact) mass is 528 g/mol. The Balaban J connectivity index is 1.41. The highest BCUT2D eigenvalue weighted by Crippen LogP contribution is 2.24. The number of aromatic nitrogens is 2. The van der Waals surface area contributed by atoms with Gasteiger partial charge in [0.1, 0.15) is 17.3 Å². The number of carbonyl (C=O) groups is 2. The molecule has 2 aromatic carbocycles. The number of imidazole rings is 1. The molecule has 0 bridgehead atoms. The Bertz CT molecular complexity index is 1350. The lowest BCUT2D eigenvalue weighted by Crippen LogP contribution is -2.42. The van der Waals surface area contributed by atoms with Crippen molar-refractivity contribution >= 4 is 27.7 Å². The lowest BCUT2D eigenvalue weighted by Gasteiger charge is -2.31. The Kier molecular flexibility index (Phi) is 5.76. The molecular weight excluding hydrogens is 507 g/mol. The standard InChI is InChI=1S/C24H22BrFN4O4/c1-34-17-5-2-15(3-6-17)13-27-9-11-30-21(23(27)32)20-14-28(8-10-29(20)24(30)33)22(31)16-4-7-18(25)19(26)12-16/h2-7,12H,8-11,13-14H2,1H3. The van der Waals surface area contributed by atoms with Gasteiger partial charge in [-0.15, -0.1) is 0 Å². The quantitative estimate of drug-likeness (QED) is 0.521. The molecule has 0 fully saturated rings. The number of nitrogens with zero attached hydrogens (tertiary/aromatic N) is 4. The van der Waals surface area contributed by atoms with Gasteiger partial charge in [-0.25, -0.2) is 9.18 Å². The number of halogens is 2. The van der Waals surface area contributed by atoms with Crippen molar-refractivity contribution in [1.29, 1.82) is 0 Å². The van der Waals surface area contributed by atoms with Crippen LogP contribution in [0.4, 0.5) is 4.39 Å². The number of benzene rings is 2. The van der Waals surface area contributed by atoms with Crippen LogP contribution in [0.25, 0.3) is 0 Å². The van der Waals surface area contributed by atoms with Crippen LogP contribution in [0.5, 0.6) is 5.75 Å². The first-order valence-electron chi connectivity index (χ1n) is 10.9. The van der Waals surface area contributed by atoms with Crippen molar-refractivity contribution in [1.82, 2.24) is 18.9 Å². The average Bonchev–Trinajstić information content (AvgIpc) is 3.14. The van der Waals surface area contributed by atoms with E-state index in [-0.39, 0.29) is 40.6 Å². The van der Waals surface area contributed by atoms with Gasteiger partial charge in [0.15, 0.2) is 0 Å². The third-order valence-electron chi connectivity index (χ3n) is 6.33. The van der Waals surface area contributed by atoms with Crippen molar-refractivity contribution in [3.63, 3.8) is 0 Å². The molecule has 0 atom stereocenters. The summed E-state index contributed by atoms with van der Waals surface area (Å²) < 4.78 is 22.5. The molecule has 10 heteroatoms. The Labute approximate surface area is 203 Å². The first-order valence-corrected chi connectivity index (χ1v) is 11.7. The van der Waals surface area contributed by atoms with Crippen LogP contribution in [-0.2, 0) is 26.2 Å². The summed E-state index contributed by atoms with van der Waals surface area (Å²) in [4.78, 5) is 42.7. The molecule has 0 aliphatic carbocycles. The smallest absolute Gasteiger partial charge is 0.329 e. The molecular formula is C24H22BrFN4O4. The van der Waals surface area contributed by atoms with E-state index in [1.54, 1.807) is 27.5 Å². The first-order chi connectivity index (χ1) is 16.4. The number of hydrogen-bond donors (Lipinski definition) is 0. The average molecular weight is 529 g/mol. The summed E-state index contributed by atoms with van der Waals surface area (Å²) >= 11 is 3.09. The molecule has 0 unspecified atom stereocenters. The molecule has 8 nitrogen and oxygen atoms in total. The van der Waals surface area contributed by atoms with E-state index >= 15 is 0 Å². The van der Waals surface area contributed by atoms with E-state index in [2.05, 4.69) is 15.9 Å². The second-order valence-corrected chi connectivity index (χ2v) is 9.17. The third kappa shape index (κ3) is 3.81. The fraction of sp³-hybridized carbons (Fsp3) is 0.292. The van der Waals surface area contributed by atoms with E-state index in [9.17, 15) is 18.8 Å². The van der Waals surface area contributed by atoms with E-state index in [1.807, 2.05) is 24.3 Å². The van der Waals surface area contributed by atoms with E-state index < -0.39 is 5.82 Å². The summed E-state index contributed by atoms with van der Waals surface area (Å²) in [5, 5.41) is 0. The molecule has 0 radical (unpaired) electrons. The Hall–Kier alpha value is -3.40. The number of rotatable bonds is 4. The Morgan fingerprint density at radius 3 is 2.47 bits per heavy atom. The molecule has 3 aromatic rings. The van der Waals surface area contributed by atoms with E-state index in [0.29, 0.717) is 37.6 Å². The molecule has 2 aliphatic heterocycles. The largest absolute Gasteiger partial charge is 0.497 e. The van der Waals surface area contributed by atoms with Crippen molar-refractivity contribution in [2.75, 3.05) is 20.2 Å². The number of fused-ring (bicyclic) bond motifs is 3. The second-order valence-electron chi connectivity index (χ2n) is 8.31. The van der Waals surface area contributed by atoms with E-state index in [1.165, 1.54) is 16.7 Å². The molecule has 2 amide bonds. The summed E-state index contributed by atoms with van der Waals surface area (Å²) in [6.07, 6.45) is 0. The molecule has 176 valence electrons. The number of carbonyl (C=O) groups excluding carboxylic acids is 2. The fourth-order valence-corrected chi connectivity index (χ4v) is 4.76. The molecule has 0 N–H and O–H groups in total. The zero-order chi connectivity index (χ0) is 24.0. The molecule has 0 spiro atoms. The number of amides is 2. The van der Waals surface area contributed by atoms with Crippen molar-refractivity contribution in [2.45, 2.75) is 26.2 Å². The normalized spacial score (nSPS) is 15.2. The molecule has 2 aliphatic rings. The van der Waals surface area contributed by atoms with Gasteiger partial charge in [0.05, 0.1) is 23.8 Å². The molecule has 34 heavy (non-hydrogen) atoms. The van der Waals surface area contributed by atoms with E-state index in [4.69, 9.17) is 4.74 Å². The van der Waals surface area contributed by atoms with Crippen LogP contribution in [0.2, 0.25) is 0 Å². The van der Waals surface area contributed by atoms with Crippen LogP contribution >= 0.6 is 15.9 Å². The third-order valence-corrected chi connectivity index (χ3v) is 6.98. The van der Waals surface area contributed by atoms with Gasteiger partial charge in [0, 0.05) is 38.3 Å². The van der Waals surface area contributed by atoms with Crippen LogP contribution in [0, 0.1) is 5.82 Å². The molecule has 0 saturated heterocycles. The highest BCUT2D eigenvalue weighted by atomic mass is 79.9. The van der Waals surface area contributed by atoms with E-state index in [0.717, 1.165) is 11.3 Å². The predicted octanol–water partition coefficient (Wildman–Crippen LogP) is 2.87. The summed E-state index contributed by atoms with van der Waals surface area (Å²) in [6.45, 7) is 1.91. The van der Waals surface area contributed by atoms with Crippen LogP contribution < -0.4 is 10.4 Å². The summed E-state index contributed by atoms with van der Waals surface area (Å²) in [6, 6.07) is 11.7. The van der Waals surface area contributed by atoms with Gasteiger partial charge < -0.3 is 14.5 Å². The fourth-order valence-electron chi connectivity index (χ4n) is 4.52. The summed E-state index contributed by atoms with van der Waals surface area (Å²) in [7, 11) is 1.60. The maximum atomic E-state index is 14.0. The Morgan fingerprint density at radius 2 is 1.76 bits per heavy atom. The minimum atomic E-state index is -0.523. The van der Waals surface area contributed by atoms with Gasteiger partial charge in [0.25, 0.3) is 11.8 Å². The molecule has 0 saturated carbocycles. The van der Waals surface area contributed by atoms with Gasteiger partial charge in [-0.3, -0.25) is 18.7 Å². The van der Waals surface area contributed by atoms with Gasteiger partial charge >= 0.3 is 5.69 Å². The summed E-state index contributed by atoms with van der Waals surface area (Å²) in [5.41, 5.74) is 1.78. The lowest BCUT2D eigenvalue weighted by atomic mass is 10.1. The van der Waals surface area contributed by atoms with Crippen molar-refractivity contribution in [3.8, 4) is 5.75 Å². The molecule has 5 rings (SSSR count). The Morgan fingerprint density at radius 1 is 1.03 bits per heavy atom. The van der Waals surface area contributed by atoms with Crippen LogP contribution in [0.3, 0.4) is 0 Å². The molecule has 1 aromatic heterocycles. The summed E-state index contributed by atoms with van der Waals surface area (Å²) in [5.74, 6) is -0.370. The second kappa shape index (κ2) is 8.75. The highest BCUT2D eigenvalue weighted by Gasteiger charge is 2.35. The van der Waals surface area contributed by atoms with Gasteiger partial charge in [-0.2, -0.15) is 0 Å². The number of ether oxygens (including phenoxy) is 1. The minimum absolute atomic E-state index is 0.107. The van der Waals surface area contributed by atoms with Crippen molar-refractivity contribution < 1.29 is 18.7 Å². The van der Waals surface area contributed by atoms with Crippen LogP contribution in [-0.4, -0.2) is 50.9 Å². The van der Waals surface area contributed by atoms with Crippen molar-refractivity contribution in [2.24, 2.45) is 0 Å². The number of hydrogen-bond acceptors (Lipinski definition) is 4. The van der Waals surface area contributed by atoms with Gasteiger partial charge in [-0.05, 0) is 51.8 Å². The van der Waals surface area contributed by atoms with Crippen molar-refractivity contribution in [3.05, 3.63) is 85.8 Å². The topological polar surface area (TPSA) is 76.8 Å². The first kappa shape index (κ1) is 22.4.